The second-order valence-electron chi connectivity index (χ2n) is 5.10. The molecule has 0 bridgehead atoms. The largest absolute Gasteiger partial charge is 0.390 e. The molecule has 0 unspecified atom stereocenters. The predicted octanol–water partition coefficient (Wildman–Crippen LogP) is -1.28. The van der Waals surface area contributed by atoms with Gasteiger partial charge in [-0.2, -0.15) is 8.42 Å². The molecule has 0 spiro atoms. The Balaban J connectivity index is 2.18. The van der Waals surface area contributed by atoms with Crippen molar-refractivity contribution in [3.8, 4) is 0 Å². The predicted molar refractivity (Wildman–Crippen MR) is 76.0 cm³/mol. The topological polar surface area (TPSA) is 128 Å². The molecule has 0 amide bonds. The Morgan fingerprint density at radius 2 is 2.18 bits per heavy atom. The summed E-state index contributed by atoms with van der Waals surface area (Å²) in [4.78, 5) is 25.6. The number of hydrogen-bond acceptors (Lipinski definition) is 7. The van der Waals surface area contributed by atoms with Crippen molar-refractivity contribution in [2.24, 2.45) is 0 Å². The van der Waals surface area contributed by atoms with Crippen LogP contribution in [-0.4, -0.2) is 48.1 Å². The highest BCUT2D eigenvalue weighted by atomic mass is 32.2. The third-order valence-corrected chi connectivity index (χ3v) is 3.95. The second-order valence-corrected chi connectivity index (χ2v) is 6.74. The molecule has 1 aliphatic heterocycles. The van der Waals surface area contributed by atoms with E-state index in [2.05, 4.69) is 9.17 Å². The van der Waals surface area contributed by atoms with Gasteiger partial charge in [0.15, 0.2) is 0 Å². The fourth-order valence-electron chi connectivity index (χ4n) is 2.22. The van der Waals surface area contributed by atoms with E-state index in [1.807, 2.05) is 0 Å². The number of nitrogens with one attached hydrogen (secondary N) is 1. The van der Waals surface area contributed by atoms with Crippen LogP contribution in [-0.2, 0) is 25.5 Å². The van der Waals surface area contributed by atoms with Gasteiger partial charge in [0.05, 0.1) is 19.0 Å². The highest BCUT2D eigenvalue weighted by Crippen LogP contribution is 2.28. The molecule has 1 aliphatic rings. The number of rotatable bonds is 5. The van der Waals surface area contributed by atoms with Gasteiger partial charge >= 0.3 is 5.69 Å². The van der Waals surface area contributed by atoms with Crippen molar-refractivity contribution in [2.45, 2.75) is 38.2 Å². The Kier molecular flexibility index (Phi) is 4.85. The minimum Gasteiger partial charge on any atom is -0.390 e. The van der Waals surface area contributed by atoms with Crippen molar-refractivity contribution in [1.29, 1.82) is 0 Å². The zero-order chi connectivity index (χ0) is 16.5. The second kappa shape index (κ2) is 6.32. The van der Waals surface area contributed by atoms with Crippen molar-refractivity contribution in [3.63, 3.8) is 0 Å². The van der Waals surface area contributed by atoms with Crippen LogP contribution >= 0.6 is 0 Å². The van der Waals surface area contributed by atoms with E-state index < -0.39 is 39.8 Å². The normalized spacial score (nSPS) is 25.5. The number of aliphatic hydroxyl groups excluding tert-OH is 1. The van der Waals surface area contributed by atoms with Gasteiger partial charge in [-0.1, -0.05) is 6.92 Å². The SMILES string of the molecule is CCc1cn([C@H]2C[C@H](O)[C@@H](COS(C)(=O)=O)O2)c(=O)[nH]c1=O. The molecule has 9 nitrogen and oxygen atoms in total. The number of aromatic amines is 1. The Hall–Kier alpha value is -1.49. The van der Waals surface area contributed by atoms with E-state index in [-0.39, 0.29) is 13.0 Å². The Labute approximate surface area is 126 Å². The van der Waals surface area contributed by atoms with Crippen molar-refractivity contribution in [3.05, 3.63) is 32.6 Å². The maximum atomic E-state index is 11.8. The van der Waals surface area contributed by atoms with E-state index in [0.29, 0.717) is 12.0 Å². The van der Waals surface area contributed by atoms with Crippen LogP contribution in [0.1, 0.15) is 25.1 Å². The monoisotopic (exact) mass is 334 g/mol. The van der Waals surface area contributed by atoms with Crippen molar-refractivity contribution in [1.82, 2.24) is 9.55 Å². The number of aryl methyl sites for hydroxylation is 1. The van der Waals surface area contributed by atoms with Crippen LogP contribution in [0.3, 0.4) is 0 Å². The van der Waals surface area contributed by atoms with Crippen LogP contribution in [0.2, 0.25) is 0 Å². The summed E-state index contributed by atoms with van der Waals surface area (Å²) < 4.78 is 33.2. The zero-order valence-electron chi connectivity index (χ0n) is 12.2. The number of aromatic nitrogens is 2. The maximum absolute atomic E-state index is 11.8. The molecule has 1 aromatic heterocycles. The molecule has 1 aromatic rings. The summed E-state index contributed by atoms with van der Waals surface area (Å²) >= 11 is 0. The van der Waals surface area contributed by atoms with Crippen LogP contribution < -0.4 is 11.2 Å². The van der Waals surface area contributed by atoms with Crippen LogP contribution in [0.15, 0.2) is 15.8 Å². The minimum atomic E-state index is -3.65. The average Bonchev–Trinajstić information content (AvgIpc) is 2.77. The Bertz CT molecular complexity index is 751. The van der Waals surface area contributed by atoms with Gasteiger partial charge in [-0.15, -0.1) is 0 Å². The zero-order valence-corrected chi connectivity index (χ0v) is 13.0. The highest BCUT2D eigenvalue weighted by molar-refractivity contribution is 7.85. The molecule has 2 N–H and O–H groups in total. The summed E-state index contributed by atoms with van der Waals surface area (Å²) in [5.41, 5.74) is -0.697. The van der Waals surface area contributed by atoms with E-state index in [1.165, 1.54) is 10.8 Å². The van der Waals surface area contributed by atoms with Gasteiger partial charge in [0.25, 0.3) is 15.7 Å². The van der Waals surface area contributed by atoms with Gasteiger partial charge in [-0.05, 0) is 6.42 Å². The molecule has 10 heteroatoms. The lowest BCUT2D eigenvalue weighted by Gasteiger charge is -2.16. The number of aliphatic hydroxyl groups is 1. The summed E-state index contributed by atoms with van der Waals surface area (Å²) in [5.74, 6) is 0. The molecule has 1 fully saturated rings. The first-order valence-corrected chi connectivity index (χ1v) is 8.55. The van der Waals surface area contributed by atoms with Crippen molar-refractivity contribution >= 4 is 10.1 Å². The quantitative estimate of drug-likeness (QED) is 0.642. The van der Waals surface area contributed by atoms with Gasteiger partial charge in [-0.3, -0.25) is 18.5 Å². The lowest BCUT2D eigenvalue weighted by atomic mass is 10.2. The summed E-state index contributed by atoms with van der Waals surface area (Å²) in [6.45, 7) is 1.43. The number of hydrogen-bond donors (Lipinski definition) is 2. The van der Waals surface area contributed by atoms with Gasteiger partial charge in [0.2, 0.25) is 0 Å². The molecular formula is C12H18N2O7S. The van der Waals surface area contributed by atoms with Crippen molar-refractivity contribution in [2.75, 3.05) is 12.9 Å². The molecule has 0 aromatic carbocycles. The van der Waals surface area contributed by atoms with E-state index in [9.17, 15) is 23.1 Å². The lowest BCUT2D eigenvalue weighted by Crippen LogP contribution is -2.34. The summed E-state index contributed by atoms with van der Waals surface area (Å²) in [6, 6.07) is 0. The third-order valence-electron chi connectivity index (χ3n) is 3.38. The van der Waals surface area contributed by atoms with Crippen LogP contribution in [0.5, 0.6) is 0 Å². The number of ether oxygens (including phenoxy) is 1. The molecular weight excluding hydrogens is 316 g/mol. The van der Waals surface area contributed by atoms with Crippen LogP contribution in [0.25, 0.3) is 0 Å². The summed E-state index contributed by atoms with van der Waals surface area (Å²) in [6.07, 6.45) is 0.166. The fraction of sp³-hybridized carbons (Fsp3) is 0.667. The molecule has 0 radical (unpaired) electrons. The summed E-state index contributed by atoms with van der Waals surface area (Å²) in [5, 5.41) is 9.90. The van der Waals surface area contributed by atoms with Gasteiger partial charge in [0.1, 0.15) is 12.3 Å². The van der Waals surface area contributed by atoms with E-state index in [4.69, 9.17) is 4.74 Å². The molecule has 0 aliphatic carbocycles. The standard InChI is InChI=1S/C12H18N2O7S/c1-3-7-5-14(12(17)13-11(7)16)10-4-8(15)9(21-10)6-20-22(2,18)19/h5,8-10,15H,3-4,6H2,1-2H3,(H,13,16,17)/t8-,9+,10+/m0/s1. The van der Waals surface area contributed by atoms with Crippen molar-refractivity contribution < 1.29 is 22.4 Å². The molecule has 2 heterocycles. The number of H-pyrrole nitrogens is 1. The van der Waals surface area contributed by atoms with E-state index >= 15 is 0 Å². The molecule has 3 atom stereocenters. The Morgan fingerprint density at radius 1 is 1.50 bits per heavy atom. The molecule has 1 saturated heterocycles. The van der Waals surface area contributed by atoms with Crippen LogP contribution in [0.4, 0.5) is 0 Å². The number of nitrogens with zero attached hydrogens (tertiary/aromatic N) is 1. The first kappa shape index (κ1) is 16.9. The minimum absolute atomic E-state index is 0.0902. The molecule has 0 saturated carbocycles. The third kappa shape index (κ3) is 3.83. The van der Waals surface area contributed by atoms with Gasteiger partial charge < -0.3 is 9.84 Å². The highest BCUT2D eigenvalue weighted by Gasteiger charge is 2.36. The average molecular weight is 334 g/mol. The van der Waals surface area contributed by atoms with Gasteiger partial charge in [0, 0.05) is 18.2 Å². The fourth-order valence-corrected chi connectivity index (χ4v) is 2.60. The molecule has 22 heavy (non-hydrogen) atoms. The lowest BCUT2D eigenvalue weighted by molar-refractivity contribution is -0.0399. The molecule has 124 valence electrons. The first-order chi connectivity index (χ1) is 10.2. The smallest absolute Gasteiger partial charge is 0.330 e. The Morgan fingerprint density at radius 3 is 2.77 bits per heavy atom. The molecule has 2 rings (SSSR count). The first-order valence-electron chi connectivity index (χ1n) is 6.73. The summed E-state index contributed by atoms with van der Waals surface area (Å²) in [7, 11) is -3.65. The van der Waals surface area contributed by atoms with Crippen LogP contribution in [0, 0.1) is 0 Å². The van der Waals surface area contributed by atoms with Gasteiger partial charge in [-0.25, -0.2) is 4.79 Å². The van der Waals surface area contributed by atoms with E-state index in [1.54, 1.807) is 6.92 Å². The maximum Gasteiger partial charge on any atom is 0.330 e. The van der Waals surface area contributed by atoms with E-state index in [0.717, 1.165) is 6.26 Å².